The van der Waals surface area contributed by atoms with Gasteiger partial charge in [-0.05, 0) is 39.5 Å². The van der Waals surface area contributed by atoms with Crippen LogP contribution in [0, 0.1) is 11.8 Å². The van der Waals surface area contributed by atoms with Gasteiger partial charge in [-0.15, -0.1) is 5.92 Å². The first-order valence-corrected chi connectivity index (χ1v) is 11.5. The number of nitrogens with two attached hydrogens (primary N) is 1. The first-order valence-electron chi connectivity index (χ1n) is 11.5. The normalized spacial score (nSPS) is 16.4. The predicted octanol–water partition coefficient (Wildman–Crippen LogP) is 2.39. The fraction of sp³-hybridized carbons (Fsp3) is 0.400. The van der Waals surface area contributed by atoms with E-state index in [-0.39, 0.29) is 11.6 Å². The van der Waals surface area contributed by atoms with E-state index in [0.717, 1.165) is 42.3 Å². The molecule has 3 aromatic rings. The molecular weight excluding hydrogens is 428 g/mol. The molecule has 0 radical (unpaired) electrons. The summed E-state index contributed by atoms with van der Waals surface area (Å²) in [4.78, 5) is 29.0. The van der Waals surface area contributed by atoms with E-state index in [9.17, 15) is 4.79 Å². The second kappa shape index (κ2) is 10.4. The van der Waals surface area contributed by atoms with Crippen LogP contribution in [-0.4, -0.2) is 57.4 Å². The largest absolute Gasteiger partial charge is 0.341 e. The Kier molecular flexibility index (Phi) is 7.18. The number of para-hydroxylation sites is 1. The van der Waals surface area contributed by atoms with E-state index in [1.807, 2.05) is 35.8 Å². The molecule has 0 aliphatic carbocycles. The molecule has 2 aromatic heterocycles. The zero-order valence-corrected chi connectivity index (χ0v) is 19.7. The van der Waals surface area contributed by atoms with E-state index in [4.69, 9.17) is 10.7 Å². The van der Waals surface area contributed by atoms with Crippen LogP contribution in [0.4, 0.5) is 11.6 Å². The average molecular weight is 459 g/mol. The van der Waals surface area contributed by atoms with E-state index < -0.39 is 0 Å². The summed E-state index contributed by atoms with van der Waals surface area (Å²) in [6.45, 7) is 10.0. The zero-order valence-electron chi connectivity index (χ0n) is 19.7. The number of hydrogen-bond donors (Lipinski definition) is 1. The van der Waals surface area contributed by atoms with Gasteiger partial charge in [-0.25, -0.2) is 9.67 Å². The van der Waals surface area contributed by atoms with Crippen LogP contribution in [0.5, 0.6) is 0 Å². The Labute approximate surface area is 199 Å². The SMILES string of the molecule is C=Nc1ccccc1/C(C)=N\CCn1ncc2nc(N3CCCC(N)C3)n(CC#CC)c2c1=O. The summed E-state index contributed by atoms with van der Waals surface area (Å²) in [5.74, 6) is 6.73. The van der Waals surface area contributed by atoms with Crippen LogP contribution in [0.25, 0.3) is 11.0 Å². The van der Waals surface area contributed by atoms with E-state index in [0.29, 0.717) is 37.2 Å². The minimum atomic E-state index is -0.198. The maximum atomic E-state index is 13.4. The van der Waals surface area contributed by atoms with Gasteiger partial charge in [-0.2, -0.15) is 5.10 Å². The summed E-state index contributed by atoms with van der Waals surface area (Å²) in [6.07, 6.45) is 3.63. The van der Waals surface area contributed by atoms with Gasteiger partial charge < -0.3 is 10.6 Å². The lowest BCUT2D eigenvalue weighted by Gasteiger charge is -2.31. The molecule has 0 bridgehead atoms. The molecule has 0 saturated carbocycles. The maximum absolute atomic E-state index is 13.4. The lowest BCUT2D eigenvalue weighted by Crippen LogP contribution is -2.44. The van der Waals surface area contributed by atoms with Gasteiger partial charge in [0.15, 0.2) is 0 Å². The summed E-state index contributed by atoms with van der Waals surface area (Å²) < 4.78 is 3.34. The van der Waals surface area contributed by atoms with Crippen LogP contribution >= 0.6 is 0 Å². The minimum absolute atomic E-state index is 0.0941. The average Bonchev–Trinajstić information content (AvgIpc) is 3.23. The molecule has 34 heavy (non-hydrogen) atoms. The zero-order chi connectivity index (χ0) is 24.1. The third-order valence-corrected chi connectivity index (χ3v) is 6.01. The van der Waals surface area contributed by atoms with Gasteiger partial charge in [0.2, 0.25) is 5.95 Å². The fourth-order valence-electron chi connectivity index (χ4n) is 4.29. The Morgan fingerprint density at radius 1 is 1.35 bits per heavy atom. The van der Waals surface area contributed by atoms with Crippen molar-refractivity contribution in [1.82, 2.24) is 19.3 Å². The minimum Gasteiger partial charge on any atom is -0.341 e. The van der Waals surface area contributed by atoms with Crippen LogP contribution in [0.15, 0.2) is 45.2 Å². The summed E-state index contributed by atoms with van der Waals surface area (Å²) in [6, 6.07) is 7.81. The molecule has 4 rings (SSSR count). The van der Waals surface area contributed by atoms with Gasteiger partial charge >= 0.3 is 0 Å². The first kappa shape index (κ1) is 23.4. The number of nitrogens with zero attached hydrogens (tertiary/aromatic N) is 7. The fourth-order valence-corrected chi connectivity index (χ4v) is 4.29. The van der Waals surface area contributed by atoms with Crippen LogP contribution < -0.4 is 16.2 Å². The third kappa shape index (κ3) is 4.77. The number of anilines is 1. The molecule has 1 saturated heterocycles. The molecule has 176 valence electrons. The van der Waals surface area contributed by atoms with Crippen LogP contribution in [0.1, 0.15) is 32.3 Å². The van der Waals surface area contributed by atoms with Gasteiger partial charge in [0.25, 0.3) is 5.56 Å². The summed E-state index contributed by atoms with van der Waals surface area (Å²) >= 11 is 0. The van der Waals surface area contributed by atoms with E-state index in [1.54, 1.807) is 13.1 Å². The highest BCUT2D eigenvalue weighted by Crippen LogP contribution is 2.23. The predicted molar refractivity (Wildman–Crippen MR) is 137 cm³/mol. The number of fused-ring (bicyclic) bond motifs is 1. The number of aromatic nitrogens is 4. The lowest BCUT2D eigenvalue weighted by atomic mass is 10.1. The van der Waals surface area contributed by atoms with Crippen molar-refractivity contribution in [2.45, 2.75) is 45.8 Å². The summed E-state index contributed by atoms with van der Waals surface area (Å²) in [7, 11) is 0. The molecule has 0 amide bonds. The highest BCUT2D eigenvalue weighted by molar-refractivity contribution is 6.03. The lowest BCUT2D eigenvalue weighted by molar-refractivity contribution is 0.496. The van der Waals surface area contributed by atoms with Gasteiger partial charge in [0, 0.05) is 30.4 Å². The Morgan fingerprint density at radius 3 is 2.94 bits per heavy atom. The number of rotatable bonds is 7. The van der Waals surface area contributed by atoms with Crippen molar-refractivity contribution in [3.8, 4) is 11.8 Å². The van der Waals surface area contributed by atoms with Crippen molar-refractivity contribution in [3.63, 3.8) is 0 Å². The standard InChI is InChI=1S/C25H30N8O/c1-4-5-14-32-23-22(30-25(32)31-13-8-9-19(26)17-31)16-29-33(24(23)34)15-12-28-18(2)20-10-6-7-11-21(20)27-3/h6-7,10-11,16,19H,3,8-9,12-15,17,26H2,1-2H3/b28-18-. The van der Waals surface area contributed by atoms with E-state index >= 15 is 0 Å². The molecule has 2 N–H and O–H groups in total. The molecule has 9 nitrogen and oxygen atoms in total. The molecule has 1 unspecified atom stereocenters. The highest BCUT2D eigenvalue weighted by Gasteiger charge is 2.24. The van der Waals surface area contributed by atoms with E-state index in [2.05, 4.69) is 38.5 Å². The van der Waals surface area contributed by atoms with Crippen molar-refractivity contribution in [2.24, 2.45) is 15.7 Å². The first-order chi connectivity index (χ1) is 16.5. The van der Waals surface area contributed by atoms with Crippen molar-refractivity contribution in [1.29, 1.82) is 0 Å². The number of benzene rings is 1. The molecule has 1 atom stereocenters. The highest BCUT2D eigenvalue weighted by atomic mass is 16.1. The Balaban J connectivity index is 1.64. The number of piperidine rings is 1. The molecule has 1 aliphatic heterocycles. The van der Waals surface area contributed by atoms with Gasteiger partial charge in [-0.3, -0.25) is 19.3 Å². The molecule has 1 aromatic carbocycles. The third-order valence-electron chi connectivity index (χ3n) is 6.01. The molecule has 3 heterocycles. The Bertz CT molecular complexity index is 1340. The number of hydrogen-bond acceptors (Lipinski definition) is 7. The van der Waals surface area contributed by atoms with Crippen LogP contribution in [0.2, 0.25) is 0 Å². The molecule has 0 spiro atoms. The number of aliphatic imine (C=N–C) groups is 2. The molecular formula is C25H30N8O. The number of imidazole rings is 1. The monoisotopic (exact) mass is 458 g/mol. The topological polar surface area (TPSA) is 107 Å². The maximum Gasteiger partial charge on any atom is 0.293 e. The Hall–Kier alpha value is -3.77. The van der Waals surface area contributed by atoms with Gasteiger partial charge in [0.05, 0.1) is 31.5 Å². The second-order valence-electron chi connectivity index (χ2n) is 8.32. The second-order valence-corrected chi connectivity index (χ2v) is 8.32. The smallest absolute Gasteiger partial charge is 0.293 e. The van der Waals surface area contributed by atoms with Crippen molar-refractivity contribution < 1.29 is 0 Å². The summed E-state index contributed by atoms with van der Waals surface area (Å²) in [5.41, 5.74) is 9.62. The van der Waals surface area contributed by atoms with E-state index in [1.165, 1.54) is 4.68 Å². The van der Waals surface area contributed by atoms with Crippen molar-refractivity contribution in [2.75, 3.05) is 24.5 Å². The Morgan fingerprint density at radius 2 is 2.18 bits per heavy atom. The van der Waals surface area contributed by atoms with Gasteiger partial charge in [0.1, 0.15) is 11.0 Å². The van der Waals surface area contributed by atoms with Gasteiger partial charge in [-0.1, -0.05) is 24.1 Å². The van der Waals surface area contributed by atoms with Crippen LogP contribution in [0.3, 0.4) is 0 Å². The van der Waals surface area contributed by atoms with Crippen LogP contribution in [-0.2, 0) is 13.1 Å². The molecule has 1 fully saturated rings. The quantitative estimate of drug-likeness (QED) is 0.432. The summed E-state index contributed by atoms with van der Waals surface area (Å²) in [5, 5.41) is 4.36. The van der Waals surface area contributed by atoms with Crippen molar-refractivity contribution >= 4 is 35.1 Å². The van der Waals surface area contributed by atoms with Crippen molar-refractivity contribution in [3.05, 3.63) is 46.4 Å². The molecule has 9 heteroatoms. The molecule has 1 aliphatic rings.